The summed E-state index contributed by atoms with van der Waals surface area (Å²) in [5.74, 6) is -12.3. The molecule has 550 valence electrons. The van der Waals surface area contributed by atoms with Crippen molar-refractivity contribution in [1.82, 2.24) is 68.8 Å². The van der Waals surface area contributed by atoms with Crippen molar-refractivity contribution >= 4 is 93.7 Å². The molecule has 0 unspecified atom stereocenters. The van der Waals surface area contributed by atoms with Gasteiger partial charge in [-0.1, -0.05) is 86.6 Å². The van der Waals surface area contributed by atoms with Crippen LogP contribution in [0.1, 0.15) is 94.9 Å². The number of hydrogen-bond acceptors (Lipinski definition) is 17. The molecule has 0 fully saturated rings. The Bertz CT molecular complexity index is 3720. The van der Waals surface area contributed by atoms with Gasteiger partial charge < -0.3 is 101 Å². The first-order valence-corrected chi connectivity index (χ1v) is 33.1. The van der Waals surface area contributed by atoms with Crippen molar-refractivity contribution in [2.75, 3.05) is 26.2 Å². The summed E-state index contributed by atoms with van der Waals surface area (Å²) in [6.45, 7) is 4.44. The van der Waals surface area contributed by atoms with E-state index >= 15 is 0 Å². The summed E-state index contributed by atoms with van der Waals surface area (Å²) in [4.78, 5) is 180. The van der Waals surface area contributed by atoms with Crippen LogP contribution in [-0.4, -0.2) is 184 Å². The number of amides is 13. The van der Waals surface area contributed by atoms with Crippen LogP contribution in [-0.2, 0) is 88.0 Å². The van der Waals surface area contributed by atoms with E-state index in [1.807, 2.05) is 0 Å². The van der Waals surface area contributed by atoms with Gasteiger partial charge in [0.2, 0.25) is 76.8 Å². The summed E-state index contributed by atoms with van der Waals surface area (Å²) in [7, 11) is 0. The van der Waals surface area contributed by atoms with Crippen LogP contribution in [0.4, 0.5) is 0 Å². The monoisotopic (exact) mass is 1420 g/mol. The minimum absolute atomic E-state index is 0.0172. The maximum absolute atomic E-state index is 14.7. The second-order valence-electron chi connectivity index (χ2n) is 24.9. The third-order valence-corrected chi connectivity index (χ3v) is 15.9. The SMILES string of the molecule is CC(=O)NCCCC[C@H](NC(=O)[C@H](Cc1ccc(O)cc1)NC(C)=O)C(=O)N[C@@H](Cc1c[nH]c2ccccc12)C(=O)N[C@@H](CC(N)=O)C(=O)N[C@@H](CO)C(=O)N[C@@H](Cc1ccccc1)C(=O)NCC(=O)N[C@@H](CC(C)C)C(=O)N[C@@H](CCCNC(=N)N)C(=O)N[C@@H](Cc1ccc(O)cc1)C(N)=O. The number of para-hydroxylation sites is 1. The fourth-order valence-corrected chi connectivity index (χ4v) is 10.8. The molecule has 5 rings (SSSR count). The molecule has 1 heterocycles. The predicted molar refractivity (Wildman–Crippen MR) is 373 cm³/mol. The van der Waals surface area contributed by atoms with Crippen LogP contribution < -0.4 is 81.0 Å². The number of guanidine groups is 1. The summed E-state index contributed by atoms with van der Waals surface area (Å²) in [6.07, 6.45) is 0.698. The number of rotatable bonds is 42. The molecule has 0 spiro atoms. The zero-order valence-electron chi connectivity index (χ0n) is 57.2. The zero-order chi connectivity index (χ0) is 75.0. The van der Waals surface area contributed by atoms with Crippen LogP contribution >= 0.6 is 0 Å². The molecular weight excluding hydrogens is 1320 g/mol. The first-order valence-electron chi connectivity index (χ1n) is 33.1. The van der Waals surface area contributed by atoms with Gasteiger partial charge in [-0.25, -0.2) is 0 Å². The van der Waals surface area contributed by atoms with Gasteiger partial charge in [-0.2, -0.15) is 0 Å². The molecule has 0 aliphatic heterocycles. The number of unbranched alkanes of at least 4 members (excludes halogenated alkanes) is 1. The number of carbonyl (C=O) groups is 13. The fraction of sp³-hybridized carbons (Fsp3) is 0.420. The second-order valence-corrected chi connectivity index (χ2v) is 24.9. The third kappa shape index (κ3) is 28.3. The molecule has 1 aromatic heterocycles. The first kappa shape index (κ1) is 81.0. The van der Waals surface area contributed by atoms with Crippen molar-refractivity contribution in [3.05, 3.63) is 132 Å². The lowest BCUT2D eigenvalue weighted by Crippen LogP contribution is -2.61. The number of fused-ring (bicyclic) bond motifs is 1. The minimum Gasteiger partial charge on any atom is -0.508 e. The average molecular weight is 1420 g/mol. The van der Waals surface area contributed by atoms with Crippen LogP contribution in [0.2, 0.25) is 0 Å². The maximum atomic E-state index is 14.7. The molecule has 23 N–H and O–H groups in total. The van der Waals surface area contributed by atoms with Gasteiger partial charge in [0.05, 0.1) is 19.6 Å². The lowest BCUT2D eigenvalue weighted by atomic mass is 10.0. The number of nitrogens with one attached hydrogen (secondary N) is 14. The van der Waals surface area contributed by atoms with Gasteiger partial charge in [-0.15, -0.1) is 0 Å². The number of phenolic OH excluding ortho intramolecular Hbond substituents is 2. The van der Waals surface area contributed by atoms with Crippen molar-refractivity contribution in [2.45, 2.75) is 153 Å². The van der Waals surface area contributed by atoms with E-state index in [0.29, 0.717) is 39.6 Å². The van der Waals surface area contributed by atoms with E-state index in [4.69, 9.17) is 22.6 Å². The molecule has 33 nitrogen and oxygen atoms in total. The van der Waals surface area contributed by atoms with Crippen molar-refractivity contribution in [3.8, 4) is 11.5 Å². The van der Waals surface area contributed by atoms with Gasteiger partial charge in [0.15, 0.2) is 5.96 Å². The van der Waals surface area contributed by atoms with Gasteiger partial charge in [0, 0.05) is 69.7 Å². The molecule has 0 aliphatic rings. The van der Waals surface area contributed by atoms with Gasteiger partial charge >= 0.3 is 0 Å². The molecule has 5 aromatic rings. The molecule has 0 bridgehead atoms. The normalized spacial score (nSPS) is 13.6. The molecule has 0 radical (unpaired) electrons. The van der Waals surface area contributed by atoms with Crippen LogP contribution in [0.15, 0.2) is 109 Å². The molecule has 4 aromatic carbocycles. The summed E-state index contributed by atoms with van der Waals surface area (Å²) in [6, 6.07) is 13.4. The maximum Gasteiger partial charge on any atom is 0.245 e. The number of hydrogen-bond donors (Lipinski definition) is 20. The van der Waals surface area contributed by atoms with E-state index in [0.717, 1.165) is 0 Å². The molecule has 33 heteroatoms. The van der Waals surface area contributed by atoms with E-state index in [2.05, 4.69) is 68.8 Å². The smallest absolute Gasteiger partial charge is 0.245 e. The van der Waals surface area contributed by atoms with Gasteiger partial charge in [0.25, 0.3) is 0 Å². The van der Waals surface area contributed by atoms with E-state index in [-0.39, 0.29) is 100 Å². The Morgan fingerprint density at radius 2 is 0.902 bits per heavy atom. The molecule has 9 atom stereocenters. The predicted octanol–water partition coefficient (Wildman–Crippen LogP) is -2.68. The molecule has 0 saturated carbocycles. The Hall–Kier alpha value is -11.6. The largest absolute Gasteiger partial charge is 0.508 e. The number of phenols is 2. The van der Waals surface area contributed by atoms with Crippen LogP contribution in [0, 0.1) is 11.3 Å². The van der Waals surface area contributed by atoms with Crippen molar-refractivity contribution in [1.29, 1.82) is 5.41 Å². The number of aliphatic hydroxyl groups excluding tert-OH is 1. The van der Waals surface area contributed by atoms with Gasteiger partial charge in [0.1, 0.15) is 65.9 Å². The highest BCUT2D eigenvalue weighted by atomic mass is 16.3. The van der Waals surface area contributed by atoms with Crippen LogP contribution in [0.3, 0.4) is 0 Å². The number of carbonyl (C=O) groups excluding carboxylic acids is 13. The highest BCUT2D eigenvalue weighted by Crippen LogP contribution is 2.21. The minimum atomic E-state index is -1.90. The topological polar surface area (TPSA) is 545 Å². The highest BCUT2D eigenvalue weighted by molar-refractivity contribution is 6.00. The molecule has 0 aliphatic carbocycles. The van der Waals surface area contributed by atoms with Crippen molar-refractivity contribution in [2.24, 2.45) is 23.1 Å². The standard InChI is InChI=1S/C69H93N17O16/c1-38(2)29-52(64(98)81-50(18-12-28-75-69(72)73)62(96)82-51(60(71)94)30-42-19-23-45(90)24-20-42)79-59(93)36-77-61(95)53(31-41-13-6-5-7-14-41)83-68(102)57(37-87)86-67(101)56(34-58(70)92)85-66(100)55(33-44-35-76-48-16-9-8-15-47(44)48)84-63(97)49(17-10-11-27-74-39(3)88)80-65(99)54(78-40(4)89)32-43-21-25-46(91)26-22-43/h5-9,13-16,19-26,35,38,49-57,76,87,90-91H,10-12,17-18,27-34,36-37H2,1-4H3,(H2,70,92)(H2,71,94)(H,74,88)(H,77,95)(H,78,89)(H,79,93)(H,80,99)(H,81,98)(H,82,96)(H,83,102)(H,84,97)(H,85,100)(H,86,101)(H4,72,73,75)/t49-,50-,51-,52-,53-,54-,55-,56-,57-/m0/s1. The Kier molecular flexibility index (Phi) is 32.6. The number of primary amides is 2. The summed E-state index contributed by atoms with van der Waals surface area (Å²) >= 11 is 0. The first-order chi connectivity index (χ1) is 48.5. The quantitative estimate of drug-likeness (QED) is 0.0108. The molecule has 0 saturated heterocycles. The van der Waals surface area contributed by atoms with E-state index < -0.39 is 145 Å². The van der Waals surface area contributed by atoms with Crippen molar-refractivity contribution in [3.63, 3.8) is 0 Å². The van der Waals surface area contributed by atoms with Gasteiger partial charge in [-0.05, 0) is 97.0 Å². The number of aromatic hydroxyl groups is 2. The fourth-order valence-electron chi connectivity index (χ4n) is 10.8. The zero-order valence-corrected chi connectivity index (χ0v) is 57.2. The van der Waals surface area contributed by atoms with E-state index in [1.165, 1.54) is 50.2 Å². The Labute approximate surface area is 588 Å². The highest BCUT2D eigenvalue weighted by Gasteiger charge is 2.36. The molecule has 102 heavy (non-hydrogen) atoms. The average Bonchev–Trinajstić information content (AvgIpc) is 1.64. The lowest BCUT2D eigenvalue weighted by molar-refractivity contribution is -0.136. The van der Waals surface area contributed by atoms with Gasteiger partial charge in [-0.3, -0.25) is 67.7 Å². The van der Waals surface area contributed by atoms with E-state index in [1.54, 1.807) is 86.8 Å². The Morgan fingerprint density at radius 3 is 1.44 bits per heavy atom. The second kappa shape index (κ2) is 41.1. The van der Waals surface area contributed by atoms with Crippen LogP contribution in [0.5, 0.6) is 11.5 Å². The number of aromatic amines is 1. The summed E-state index contributed by atoms with van der Waals surface area (Å²) in [5, 5.41) is 69.0. The lowest BCUT2D eigenvalue weighted by Gasteiger charge is -2.27. The van der Waals surface area contributed by atoms with Crippen LogP contribution in [0.25, 0.3) is 10.9 Å². The number of aromatic nitrogens is 1. The summed E-state index contributed by atoms with van der Waals surface area (Å²) in [5.41, 5.74) is 19.4. The number of H-pyrrole nitrogens is 1. The molecular formula is C69H93N17O16. The Morgan fingerprint density at radius 1 is 0.451 bits per heavy atom. The number of benzene rings is 4. The summed E-state index contributed by atoms with van der Waals surface area (Å²) < 4.78 is 0. The molecule has 13 amide bonds. The third-order valence-electron chi connectivity index (χ3n) is 15.9. The number of aliphatic hydroxyl groups is 1. The van der Waals surface area contributed by atoms with Crippen molar-refractivity contribution < 1.29 is 77.6 Å². The Balaban J connectivity index is 1.34. The van der Waals surface area contributed by atoms with E-state index in [9.17, 15) is 77.6 Å². The number of nitrogens with two attached hydrogens (primary N) is 3.